The Kier molecular flexibility index (Phi) is 5.97. The van der Waals surface area contributed by atoms with Gasteiger partial charge in [0.25, 0.3) is 22.2 Å². The van der Waals surface area contributed by atoms with Crippen molar-refractivity contribution in [2.45, 2.75) is 0 Å². The number of para-hydroxylation sites is 8. The highest BCUT2D eigenvalue weighted by Gasteiger charge is 2.24. The Morgan fingerprint density at radius 2 is 0.453 bits per heavy atom. The molecule has 12 heteroatoms. The zero-order chi connectivity index (χ0) is 42.3. The number of hydrogen-bond donors (Lipinski definition) is 0. The highest BCUT2D eigenvalue weighted by molar-refractivity contribution is 6.29. The Balaban J connectivity index is 0.000000119. The van der Waals surface area contributed by atoms with E-state index in [0.717, 1.165) is 87.2 Å². The Labute approximate surface area is 354 Å². The zero-order valence-electron chi connectivity index (χ0n) is 33.1. The fraction of sp³-hybridized carbons (Fsp3) is 0. The third-order valence-corrected chi connectivity index (χ3v) is 13.3. The Morgan fingerprint density at radius 3 is 0.688 bits per heavy atom. The number of aromatic nitrogens is 8. The molecular weight excluding hydrogens is 801 g/mol. The first-order valence-corrected chi connectivity index (χ1v) is 20.7. The molecule has 0 aliphatic heterocycles. The maximum absolute atomic E-state index is 13.6. The molecule has 0 spiro atoms. The van der Waals surface area contributed by atoms with Crippen LogP contribution in [-0.2, 0) is 0 Å². The molecule has 8 heterocycles. The second-order valence-corrected chi connectivity index (χ2v) is 16.4. The van der Waals surface area contributed by atoms with Crippen LogP contribution in [0.1, 0.15) is 0 Å². The maximum Gasteiger partial charge on any atom is 0.264 e. The molecule has 0 saturated heterocycles. The molecule has 0 N–H and O–H groups in total. The highest BCUT2D eigenvalue weighted by Crippen LogP contribution is 2.38. The second kappa shape index (κ2) is 11.4. The summed E-state index contributed by atoms with van der Waals surface area (Å²) in [5.74, 6) is 0. The van der Waals surface area contributed by atoms with Gasteiger partial charge in [-0.2, -0.15) is 0 Å². The van der Waals surface area contributed by atoms with Crippen LogP contribution >= 0.6 is 0 Å². The van der Waals surface area contributed by atoms with Crippen LogP contribution in [0.2, 0.25) is 0 Å². The first-order valence-electron chi connectivity index (χ1n) is 20.7. The number of imidazole rings is 4. The molecule has 0 unspecified atom stereocenters. The minimum Gasteiger partial charge on any atom is -0.268 e. The van der Waals surface area contributed by atoms with Gasteiger partial charge in [-0.1, -0.05) is 48.5 Å². The normalized spacial score (nSPS) is 12.6. The molecular formula is C52H24N8O4. The van der Waals surface area contributed by atoms with Crippen LogP contribution in [0.5, 0.6) is 0 Å². The van der Waals surface area contributed by atoms with Crippen LogP contribution in [0.15, 0.2) is 165 Å². The first kappa shape index (κ1) is 33.5. The van der Waals surface area contributed by atoms with Gasteiger partial charge < -0.3 is 0 Å². The van der Waals surface area contributed by atoms with Crippen molar-refractivity contribution in [2.24, 2.45) is 0 Å². The smallest absolute Gasteiger partial charge is 0.264 e. The average molecular weight is 825 g/mol. The number of fused-ring (bicyclic) bond motifs is 16. The summed E-state index contributed by atoms with van der Waals surface area (Å²) < 4.78 is 6.70. The fourth-order valence-corrected chi connectivity index (χ4v) is 10.6. The van der Waals surface area contributed by atoms with Gasteiger partial charge in [0.15, 0.2) is 0 Å². The third kappa shape index (κ3) is 3.90. The van der Waals surface area contributed by atoms with Crippen molar-refractivity contribution in [2.75, 3.05) is 0 Å². The molecule has 16 aromatic rings. The summed E-state index contributed by atoms with van der Waals surface area (Å²) in [4.78, 5) is 73.4. The van der Waals surface area contributed by atoms with Crippen LogP contribution in [0.4, 0.5) is 0 Å². The van der Waals surface area contributed by atoms with E-state index in [-0.39, 0.29) is 22.2 Å². The predicted molar refractivity (Wildman–Crippen MR) is 253 cm³/mol. The van der Waals surface area contributed by atoms with Gasteiger partial charge in [-0.05, 0) is 97.1 Å². The molecule has 0 atom stereocenters. The van der Waals surface area contributed by atoms with Gasteiger partial charge in [0, 0.05) is 64.6 Å². The average Bonchev–Trinajstić information content (AvgIpc) is 4.12. The van der Waals surface area contributed by atoms with Gasteiger partial charge in [-0.3, -0.25) is 36.8 Å². The second-order valence-electron chi connectivity index (χ2n) is 16.4. The van der Waals surface area contributed by atoms with E-state index < -0.39 is 0 Å². The van der Waals surface area contributed by atoms with E-state index in [1.165, 1.54) is 0 Å². The van der Waals surface area contributed by atoms with Crippen LogP contribution in [0, 0.1) is 0 Å². The van der Waals surface area contributed by atoms with Gasteiger partial charge in [0.2, 0.25) is 0 Å². The molecule has 0 radical (unpaired) electrons. The van der Waals surface area contributed by atoms with Crippen LogP contribution in [0.25, 0.3) is 131 Å². The number of hydrogen-bond acceptors (Lipinski definition) is 8. The fourth-order valence-electron chi connectivity index (χ4n) is 10.6. The van der Waals surface area contributed by atoms with Gasteiger partial charge in [0.1, 0.15) is 22.6 Å². The lowest BCUT2D eigenvalue weighted by atomic mass is 9.96. The van der Waals surface area contributed by atoms with Crippen molar-refractivity contribution in [3.05, 3.63) is 187 Å². The lowest BCUT2D eigenvalue weighted by Gasteiger charge is -2.12. The van der Waals surface area contributed by atoms with E-state index >= 15 is 0 Å². The monoisotopic (exact) mass is 824 g/mol. The van der Waals surface area contributed by atoms with Crippen LogP contribution < -0.4 is 22.2 Å². The quantitative estimate of drug-likeness (QED) is 0.139. The number of rotatable bonds is 0. The van der Waals surface area contributed by atoms with E-state index in [4.69, 9.17) is 19.9 Å². The number of nitrogens with zero attached hydrogens (tertiary/aromatic N) is 8. The summed E-state index contributed by atoms with van der Waals surface area (Å²) in [5, 5.41) is 8.84. The molecule has 12 nitrogen and oxygen atoms in total. The largest absolute Gasteiger partial charge is 0.268 e. The Bertz CT molecular complexity index is 4440. The van der Waals surface area contributed by atoms with E-state index in [1.54, 1.807) is 29.7 Å². The Morgan fingerprint density at radius 1 is 0.250 bits per heavy atom. The molecule has 16 rings (SSSR count). The minimum atomic E-state index is -0.128. The lowest BCUT2D eigenvalue weighted by Crippen LogP contribution is -2.16. The molecule has 64 heavy (non-hydrogen) atoms. The van der Waals surface area contributed by atoms with Gasteiger partial charge in [-0.15, -0.1) is 0 Å². The van der Waals surface area contributed by atoms with E-state index in [0.29, 0.717) is 44.1 Å². The lowest BCUT2D eigenvalue weighted by molar-refractivity contribution is 1.18. The van der Waals surface area contributed by atoms with Crippen molar-refractivity contribution in [1.29, 1.82) is 0 Å². The van der Waals surface area contributed by atoms with Crippen LogP contribution in [0.3, 0.4) is 0 Å². The molecule has 0 aliphatic carbocycles. The van der Waals surface area contributed by atoms with Crippen molar-refractivity contribution < 1.29 is 0 Å². The summed E-state index contributed by atoms with van der Waals surface area (Å²) in [6.45, 7) is 0. The van der Waals surface area contributed by atoms with Crippen molar-refractivity contribution in [1.82, 2.24) is 37.5 Å². The van der Waals surface area contributed by atoms with Gasteiger partial charge >= 0.3 is 0 Å². The molecule has 8 aromatic heterocycles. The molecule has 0 aliphatic rings. The zero-order valence-corrected chi connectivity index (χ0v) is 33.1. The molecule has 0 amide bonds. The summed E-state index contributed by atoms with van der Waals surface area (Å²) in [6.07, 6.45) is 0. The summed E-state index contributed by atoms with van der Waals surface area (Å²) in [5.41, 5.74) is 8.13. The number of pyridine rings is 4. The third-order valence-electron chi connectivity index (χ3n) is 13.3. The topological polar surface area (TPSA) is 137 Å². The van der Waals surface area contributed by atoms with Gasteiger partial charge in [0.05, 0.1) is 44.1 Å². The van der Waals surface area contributed by atoms with Crippen molar-refractivity contribution >= 4 is 131 Å². The van der Waals surface area contributed by atoms with E-state index in [1.807, 2.05) is 133 Å². The predicted octanol–water partition coefficient (Wildman–Crippen LogP) is 8.69. The molecule has 0 saturated carbocycles. The highest BCUT2D eigenvalue weighted by atomic mass is 16.1. The summed E-state index contributed by atoms with van der Waals surface area (Å²) in [6, 6.07) is 45.6. The Hall–Kier alpha value is -9.16. The standard InChI is InChI=1S/2C26H12N4O2/c31-25-15-12-10-14-22-16(26(32)30-20-8-4-2-6-18(20)28-24(14)30)11-9-13(21(15)22)23-27-17-5-1-3-7-19(17)29(23)25;31-25-15-11-12-16-22-14(24-28-18-6-2-4-8-20(18)30(24)26(16)32)10-9-13(21(15)22)23-27-17-5-1-3-7-19(17)29(23)25/h2*1-12H. The number of benzene rings is 8. The molecule has 0 fully saturated rings. The SMILES string of the molecule is O=c1c2ccc3c(=O)n4c5ccccc5nc4c4ccc(c2c34)c2nc3ccccc3n12.O=c1c2ccc3c4c(ccc(c24)c2nc4ccccc4n12)c(=O)n1c2ccccc2nc31. The van der Waals surface area contributed by atoms with Gasteiger partial charge in [-0.25, -0.2) is 19.9 Å². The summed E-state index contributed by atoms with van der Waals surface area (Å²) >= 11 is 0. The maximum atomic E-state index is 13.6. The van der Waals surface area contributed by atoms with Crippen LogP contribution in [-0.4, -0.2) is 37.5 Å². The molecule has 0 bridgehead atoms. The molecule has 296 valence electrons. The summed E-state index contributed by atoms with van der Waals surface area (Å²) in [7, 11) is 0. The first-order chi connectivity index (χ1) is 31.4. The minimum absolute atomic E-state index is 0.128. The molecule has 8 aromatic carbocycles. The van der Waals surface area contributed by atoms with E-state index in [9.17, 15) is 19.2 Å². The van der Waals surface area contributed by atoms with Crippen molar-refractivity contribution in [3.63, 3.8) is 0 Å². The van der Waals surface area contributed by atoms with E-state index in [2.05, 4.69) is 0 Å². The van der Waals surface area contributed by atoms with Crippen molar-refractivity contribution in [3.8, 4) is 0 Å².